The normalized spacial score (nSPS) is 20.7. The number of carbonyl (C=O) groups excluding carboxylic acids is 1. The Labute approximate surface area is 139 Å². The van der Waals surface area contributed by atoms with Gasteiger partial charge in [0.15, 0.2) is 0 Å². The summed E-state index contributed by atoms with van der Waals surface area (Å²) in [5, 5.41) is 0. The van der Waals surface area contributed by atoms with Crippen molar-refractivity contribution in [3.05, 3.63) is 36.9 Å². The molecule has 1 fully saturated rings. The second kappa shape index (κ2) is 9.39. The highest BCUT2D eigenvalue weighted by atomic mass is 16.5. The maximum absolute atomic E-state index is 12.3. The molecule has 0 N–H and O–H groups in total. The van der Waals surface area contributed by atoms with Crippen LogP contribution in [-0.4, -0.2) is 12.6 Å². The molecule has 0 radical (unpaired) electrons. The SMILES string of the molecule is C=CCCC[C@H]1CC[C@H](C(=O)Oc2ccc(OCC)cc2)CC1. The van der Waals surface area contributed by atoms with Gasteiger partial charge in [0.2, 0.25) is 0 Å². The van der Waals surface area contributed by atoms with Crippen molar-refractivity contribution in [1.82, 2.24) is 0 Å². The van der Waals surface area contributed by atoms with E-state index in [9.17, 15) is 4.79 Å². The molecule has 3 nitrogen and oxygen atoms in total. The number of carbonyl (C=O) groups is 1. The first-order valence-electron chi connectivity index (χ1n) is 8.78. The van der Waals surface area contributed by atoms with E-state index in [4.69, 9.17) is 9.47 Å². The van der Waals surface area contributed by atoms with Gasteiger partial charge in [-0.15, -0.1) is 6.58 Å². The van der Waals surface area contributed by atoms with E-state index in [1.54, 1.807) is 12.1 Å². The molecular formula is C20H28O3. The molecule has 0 saturated heterocycles. The molecule has 0 aliphatic heterocycles. The number of hydrogen-bond donors (Lipinski definition) is 0. The molecule has 0 bridgehead atoms. The molecule has 0 atom stereocenters. The van der Waals surface area contributed by atoms with Gasteiger partial charge in [0.1, 0.15) is 11.5 Å². The lowest BCUT2D eigenvalue weighted by atomic mass is 9.80. The van der Waals surface area contributed by atoms with E-state index in [1.165, 1.54) is 12.8 Å². The number of benzene rings is 1. The fourth-order valence-corrected chi connectivity index (χ4v) is 3.21. The smallest absolute Gasteiger partial charge is 0.314 e. The van der Waals surface area contributed by atoms with Crippen LogP contribution in [0.15, 0.2) is 36.9 Å². The molecule has 126 valence electrons. The Morgan fingerprint density at radius 3 is 2.43 bits per heavy atom. The van der Waals surface area contributed by atoms with Crippen LogP contribution in [-0.2, 0) is 4.79 Å². The highest BCUT2D eigenvalue weighted by Gasteiger charge is 2.27. The predicted molar refractivity (Wildman–Crippen MR) is 92.7 cm³/mol. The first kappa shape index (κ1) is 17.6. The van der Waals surface area contributed by atoms with Crippen molar-refractivity contribution in [2.24, 2.45) is 11.8 Å². The first-order chi connectivity index (χ1) is 11.2. The third-order valence-electron chi connectivity index (χ3n) is 4.55. The molecule has 0 heterocycles. The van der Waals surface area contributed by atoms with Crippen molar-refractivity contribution >= 4 is 5.97 Å². The van der Waals surface area contributed by atoms with E-state index in [0.29, 0.717) is 12.4 Å². The summed E-state index contributed by atoms with van der Waals surface area (Å²) >= 11 is 0. The van der Waals surface area contributed by atoms with Crippen LogP contribution in [0.4, 0.5) is 0 Å². The summed E-state index contributed by atoms with van der Waals surface area (Å²) in [7, 11) is 0. The van der Waals surface area contributed by atoms with Crippen molar-refractivity contribution < 1.29 is 14.3 Å². The Morgan fingerprint density at radius 2 is 1.83 bits per heavy atom. The minimum atomic E-state index is -0.0845. The molecule has 1 aliphatic carbocycles. The predicted octanol–water partition coefficient (Wildman–Crippen LogP) is 5.15. The molecule has 1 aliphatic rings. The molecule has 23 heavy (non-hydrogen) atoms. The molecule has 3 heteroatoms. The van der Waals surface area contributed by atoms with Crippen LogP contribution in [0.2, 0.25) is 0 Å². The van der Waals surface area contributed by atoms with Gasteiger partial charge in [-0.2, -0.15) is 0 Å². The monoisotopic (exact) mass is 316 g/mol. The number of unbranched alkanes of at least 4 members (excludes halogenated alkanes) is 1. The summed E-state index contributed by atoms with van der Waals surface area (Å²) in [6.07, 6.45) is 9.74. The second-order valence-electron chi connectivity index (χ2n) is 6.26. The summed E-state index contributed by atoms with van der Waals surface area (Å²) in [4.78, 5) is 12.3. The third kappa shape index (κ3) is 5.74. The number of ether oxygens (including phenoxy) is 2. The number of hydrogen-bond acceptors (Lipinski definition) is 3. The van der Waals surface area contributed by atoms with Gasteiger partial charge in [-0.25, -0.2) is 0 Å². The molecule has 1 aromatic carbocycles. The van der Waals surface area contributed by atoms with E-state index in [1.807, 2.05) is 25.1 Å². The van der Waals surface area contributed by atoms with Crippen LogP contribution in [0.25, 0.3) is 0 Å². The molecular weight excluding hydrogens is 288 g/mol. The lowest BCUT2D eigenvalue weighted by Gasteiger charge is -2.27. The van der Waals surface area contributed by atoms with Gasteiger partial charge in [-0.3, -0.25) is 4.79 Å². The Balaban J connectivity index is 1.75. The van der Waals surface area contributed by atoms with E-state index in [-0.39, 0.29) is 11.9 Å². The van der Waals surface area contributed by atoms with Crippen molar-refractivity contribution in [3.63, 3.8) is 0 Å². The van der Waals surface area contributed by atoms with E-state index >= 15 is 0 Å². The summed E-state index contributed by atoms with van der Waals surface area (Å²) in [5.41, 5.74) is 0. The minimum absolute atomic E-state index is 0.0530. The fourth-order valence-electron chi connectivity index (χ4n) is 3.21. The van der Waals surface area contributed by atoms with Crippen LogP contribution in [0.5, 0.6) is 11.5 Å². The maximum atomic E-state index is 12.3. The average Bonchev–Trinajstić information content (AvgIpc) is 2.58. The molecule has 0 spiro atoms. The highest BCUT2D eigenvalue weighted by Crippen LogP contribution is 2.33. The Hall–Kier alpha value is -1.77. The topological polar surface area (TPSA) is 35.5 Å². The molecule has 0 unspecified atom stereocenters. The van der Waals surface area contributed by atoms with Crippen LogP contribution < -0.4 is 9.47 Å². The first-order valence-corrected chi connectivity index (χ1v) is 8.78. The van der Waals surface area contributed by atoms with Gasteiger partial charge >= 0.3 is 5.97 Å². The summed E-state index contributed by atoms with van der Waals surface area (Å²) in [5.74, 6) is 2.14. The largest absolute Gasteiger partial charge is 0.494 e. The lowest BCUT2D eigenvalue weighted by Crippen LogP contribution is -2.25. The van der Waals surface area contributed by atoms with E-state index < -0.39 is 0 Å². The molecule has 1 saturated carbocycles. The molecule has 2 rings (SSSR count). The van der Waals surface area contributed by atoms with Crippen LogP contribution >= 0.6 is 0 Å². The molecule has 0 aromatic heterocycles. The van der Waals surface area contributed by atoms with Gasteiger partial charge in [0.25, 0.3) is 0 Å². The zero-order chi connectivity index (χ0) is 16.5. The van der Waals surface area contributed by atoms with E-state index in [0.717, 1.165) is 43.8 Å². The zero-order valence-corrected chi connectivity index (χ0v) is 14.1. The van der Waals surface area contributed by atoms with Gasteiger partial charge in [-0.05, 0) is 75.6 Å². The van der Waals surface area contributed by atoms with E-state index in [2.05, 4.69) is 6.58 Å². The highest BCUT2D eigenvalue weighted by molar-refractivity contribution is 5.75. The van der Waals surface area contributed by atoms with Gasteiger partial charge in [-0.1, -0.05) is 12.5 Å². The maximum Gasteiger partial charge on any atom is 0.314 e. The Morgan fingerprint density at radius 1 is 1.17 bits per heavy atom. The average molecular weight is 316 g/mol. The quantitative estimate of drug-likeness (QED) is 0.288. The fraction of sp³-hybridized carbons (Fsp3) is 0.550. The molecule has 0 amide bonds. The van der Waals surface area contributed by atoms with Gasteiger partial charge in [0.05, 0.1) is 12.5 Å². The number of allylic oxidation sites excluding steroid dienone is 1. The van der Waals surface area contributed by atoms with Crippen molar-refractivity contribution in [1.29, 1.82) is 0 Å². The van der Waals surface area contributed by atoms with Crippen LogP contribution in [0, 0.1) is 11.8 Å². The second-order valence-corrected chi connectivity index (χ2v) is 6.26. The Bertz CT molecular complexity index is 484. The van der Waals surface area contributed by atoms with Gasteiger partial charge < -0.3 is 9.47 Å². The third-order valence-corrected chi connectivity index (χ3v) is 4.55. The summed E-state index contributed by atoms with van der Waals surface area (Å²) in [6.45, 7) is 6.35. The minimum Gasteiger partial charge on any atom is -0.494 e. The van der Waals surface area contributed by atoms with Crippen molar-refractivity contribution in [2.75, 3.05) is 6.61 Å². The number of esters is 1. The van der Waals surface area contributed by atoms with Crippen molar-refractivity contribution in [2.45, 2.75) is 51.9 Å². The zero-order valence-electron chi connectivity index (χ0n) is 14.1. The summed E-state index contributed by atoms with van der Waals surface area (Å²) in [6, 6.07) is 7.26. The van der Waals surface area contributed by atoms with Crippen LogP contribution in [0.3, 0.4) is 0 Å². The standard InChI is InChI=1S/C20H28O3/c1-3-5-6-7-16-8-10-17(11-9-16)20(21)23-19-14-12-18(13-15-19)22-4-2/h3,12-17H,1,4-11H2,2H3/t16-,17-. The summed E-state index contributed by atoms with van der Waals surface area (Å²) < 4.78 is 10.9. The van der Waals surface area contributed by atoms with Gasteiger partial charge in [0, 0.05) is 0 Å². The van der Waals surface area contributed by atoms with Crippen LogP contribution in [0.1, 0.15) is 51.9 Å². The number of rotatable bonds is 8. The molecule has 1 aromatic rings. The lowest BCUT2D eigenvalue weighted by molar-refractivity contribution is -0.140. The Kier molecular flexibility index (Phi) is 7.18. The van der Waals surface area contributed by atoms with Crippen molar-refractivity contribution in [3.8, 4) is 11.5 Å².